The van der Waals surface area contributed by atoms with Gasteiger partial charge in [-0.3, -0.25) is 0 Å². The van der Waals surface area contributed by atoms with Crippen LogP contribution in [0.3, 0.4) is 0 Å². The second kappa shape index (κ2) is 6.45. The predicted octanol–water partition coefficient (Wildman–Crippen LogP) is 3.55. The molecule has 0 aromatic carbocycles. The SMILES string of the molecule is C=Cn1cc(-c2ncnn2C(C)C)nc1-c1cnc(OC)cc1Cl. The largest absolute Gasteiger partial charge is 0.481 e. The molecule has 3 heterocycles. The van der Waals surface area contributed by atoms with Gasteiger partial charge in [0.05, 0.1) is 17.7 Å². The fourth-order valence-corrected chi connectivity index (χ4v) is 2.57. The molecule has 0 unspecified atom stereocenters. The Hall–Kier alpha value is -2.67. The molecule has 0 atom stereocenters. The Kier molecular flexibility index (Phi) is 4.35. The number of hydrogen-bond acceptors (Lipinski definition) is 5. The van der Waals surface area contributed by atoms with E-state index in [9.17, 15) is 0 Å². The number of rotatable bonds is 5. The van der Waals surface area contributed by atoms with Crippen molar-refractivity contribution in [3.63, 3.8) is 0 Å². The van der Waals surface area contributed by atoms with E-state index in [4.69, 9.17) is 16.3 Å². The van der Waals surface area contributed by atoms with Gasteiger partial charge in [-0.25, -0.2) is 19.6 Å². The zero-order valence-corrected chi connectivity index (χ0v) is 14.4. The Morgan fingerprint density at radius 1 is 1.29 bits per heavy atom. The first-order chi connectivity index (χ1) is 11.5. The number of methoxy groups -OCH3 is 1. The highest BCUT2D eigenvalue weighted by Crippen LogP contribution is 2.31. The average molecular weight is 345 g/mol. The molecule has 3 rings (SSSR count). The maximum atomic E-state index is 6.35. The van der Waals surface area contributed by atoms with Crippen molar-refractivity contribution in [1.82, 2.24) is 29.3 Å². The van der Waals surface area contributed by atoms with Crippen LogP contribution in [-0.4, -0.2) is 36.4 Å². The highest BCUT2D eigenvalue weighted by molar-refractivity contribution is 6.33. The Bertz CT molecular complexity index is 883. The lowest BCUT2D eigenvalue weighted by molar-refractivity contribution is 0.398. The van der Waals surface area contributed by atoms with Crippen LogP contribution in [-0.2, 0) is 0 Å². The van der Waals surface area contributed by atoms with Gasteiger partial charge in [0.1, 0.15) is 17.8 Å². The molecular formula is C16H17ClN6O. The summed E-state index contributed by atoms with van der Waals surface area (Å²) in [6, 6.07) is 1.82. The average Bonchev–Trinajstić information content (AvgIpc) is 3.20. The molecule has 3 aromatic heterocycles. The minimum Gasteiger partial charge on any atom is -0.481 e. The fourth-order valence-electron chi connectivity index (χ4n) is 2.34. The Morgan fingerprint density at radius 3 is 2.71 bits per heavy atom. The molecule has 0 aliphatic carbocycles. The lowest BCUT2D eigenvalue weighted by atomic mass is 10.2. The predicted molar refractivity (Wildman–Crippen MR) is 92.8 cm³/mol. The first-order valence-corrected chi connectivity index (χ1v) is 7.74. The van der Waals surface area contributed by atoms with E-state index in [1.54, 1.807) is 30.1 Å². The minimum absolute atomic E-state index is 0.172. The molecule has 0 saturated heterocycles. The van der Waals surface area contributed by atoms with Crippen molar-refractivity contribution in [3.05, 3.63) is 36.4 Å². The van der Waals surface area contributed by atoms with E-state index < -0.39 is 0 Å². The Morgan fingerprint density at radius 2 is 2.08 bits per heavy atom. The van der Waals surface area contributed by atoms with Crippen LogP contribution in [0.1, 0.15) is 19.9 Å². The van der Waals surface area contributed by atoms with Crippen molar-refractivity contribution >= 4 is 17.8 Å². The second-order valence-corrected chi connectivity index (χ2v) is 5.78. The van der Waals surface area contributed by atoms with E-state index in [0.717, 1.165) is 0 Å². The summed E-state index contributed by atoms with van der Waals surface area (Å²) in [5, 5.41) is 4.74. The van der Waals surface area contributed by atoms with Crippen molar-refractivity contribution in [2.24, 2.45) is 0 Å². The first kappa shape index (κ1) is 16.2. The first-order valence-electron chi connectivity index (χ1n) is 7.36. The normalized spacial score (nSPS) is 11.0. The van der Waals surface area contributed by atoms with Gasteiger partial charge in [0.25, 0.3) is 0 Å². The van der Waals surface area contributed by atoms with Crippen LogP contribution in [0.5, 0.6) is 5.88 Å². The van der Waals surface area contributed by atoms with E-state index in [2.05, 4.69) is 26.6 Å². The van der Waals surface area contributed by atoms with Crippen LogP contribution in [0, 0.1) is 0 Å². The standard InChI is InChI=1S/C16H17ClN6O/c1-5-22-8-13(16-19-9-20-23(16)10(2)3)21-15(22)11-7-18-14(24-4)6-12(11)17/h5-10H,1H2,2-4H3. The van der Waals surface area contributed by atoms with E-state index in [1.165, 1.54) is 6.33 Å². The summed E-state index contributed by atoms with van der Waals surface area (Å²) < 4.78 is 8.68. The topological polar surface area (TPSA) is 70.7 Å². The van der Waals surface area contributed by atoms with Gasteiger partial charge in [-0.05, 0) is 13.8 Å². The number of nitrogens with zero attached hydrogens (tertiary/aromatic N) is 6. The van der Waals surface area contributed by atoms with Gasteiger partial charge < -0.3 is 9.30 Å². The fraction of sp³-hybridized carbons (Fsp3) is 0.250. The molecule has 0 bridgehead atoms. The monoisotopic (exact) mass is 344 g/mol. The zero-order valence-electron chi connectivity index (χ0n) is 13.6. The van der Waals surface area contributed by atoms with Gasteiger partial charge in [0.2, 0.25) is 5.88 Å². The maximum Gasteiger partial charge on any atom is 0.214 e. The maximum absolute atomic E-state index is 6.35. The third-order valence-electron chi connectivity index (χ3n) is 3.50. The number of ether oxygens (including phenoxy) is 1. The van der Waals surface area contributed by atoms with Crippen LogP contribution in [0.25, 0.3) is 29.1 Å². The quantitative estimate of drug-likeness (QED) is 0.707. The van der Waals surface area contributed by atoms with Gasteiger partial charge in [0, 0.05) is 30.7 Å². The number of halogens is 1. The number of hydrogen-bond donors (Lipinski definition) is 0. The molecule has 124 valence electrons. The molecule has 0 radical (unpaired) electrons. The molecule has 0 fully saturated rings. The molecule has 0 aliphatic rings. The van der Waals surface area contributed by atoms with Gasteiger partial charge in [-0.15, -0.1) is 0 Å². The third-order valence-corrected chi connectivity index (χ3v) is 3.81. The molecule has 0 saturated carbocycles. The van der Waals surface area contributed by atoms with Crippen LogP contribution in [0.2, 0.25) is 5.02 Å². The summed E-state index contributed by atoms with van der Waals surface area (Å²) in [6.07, 6.45) is 6.64. The summed E-state index contributed by atoms with van der Waals surface area (Å²) in [7, 11) is 1.54. The molecule has 0 N–H and O–H groups in total. The van der Waals surface area contributed by atoms with Gasteiger partial charge in [-0.1, -0.05) is 18.2 Å². The van der Waals surface area contributed by atoms with Crippen molar-refractivity contribution < 1.29 is 4.74 Å². The zero-order chi connectivity index (χ0) is 17.3. The Balaban J connectivity index is 2.12. The van der Waals surface area contributed by atoms with Crippen LogP contribution < -0.4 is 4.74 Å². The third kappa shape index (κ3) is 2.78. The van der Waals surface area contributed by atoms with Crippen LogP contribution in [0.4, 0.5) is 0 Å². The van der Waals surface area contributed by atoms with Crippen LogP contribution >= 0.6 is 11.6 Å². The molecule has 3 aromatic rings. The van der Waals surface area contributed by atoms with Crippen LogP contribution in [0.15, 0.2) is 31.4 Å². The second-order valence-electron chi connectivity index (χ2n) is 5.37. The van der Waals surface area contributed by atoms with Gasteiger partial charge in [0.15, 0.2) is 5.82 Å². The lowest BCUT2D eigenvalue weighted by Crippen LogP contribution is -2.05. The summed E-state index contributed by atoms with van der Waals surface area (Å²) in [6.45, 7) is 7.90. The van der Waals surface area contributed by atoms with Crippen molar-refractivity contribution in [3.8, 4) is 28.8 Å². The highest BCUT2D eigenvalue weighted by Gasteiger charge is 2.18. The van der Waals surface area contributed by atoms with Crippen molar-refractivity contribution in [2.45, 2.75) is 19.9 Å². The molecule has 0 spiro atoms. The molecule has 0 amide bonds. The summed E-state index contributed by atoms with van der Waals surface area (Å²) >= 11 is 6.35. The van der Waals surface area contributed by atoms with Gasteiger partial charge >= 0.3 is 0 Å². The summed E-state index contributed by atoms with van der Waals surface area (Å²) in [5.74, 6) is 1.75. The molecule has 8 heteroatoms. The lowest BCUT2D eigenvalue weighted by Gasteiger charge is -2.07. The van der Waals surface area contributed by atoms with E-state index in [0.29, 0.717) is 33.8 Å². The Labute approximate surface area is 144 Å². The summed E-state index contributed by atoms with van der Waals surface area (Å²) in [4.78, 5) is 13.2. The number of aromatic nitrogens is 6. The van der Waals surface area contributed by atoms with E-state index in [1.807, 2.05) is 24.7 Å². The molecule has 7 nitrogen and oxygen atoms in total. The summed E-state index contributed by atoms with van der Waals surface area (Å²) in [5.41, 5.74) is 1.36. The smallest absolute Gasteiger partial charge is 0.214 e. The van der Waals surface area contributed by atoms with Crippen molar-refractivity contribution in [1.29, 1.82) is 0 Å². The number of pyridine rings is 1. The molecule has 0 aliphatic heterocycles. The molecular weight excluding hydrogens is 328 g/mol. The minimum atomic E-state index is 0.172. The van der Waals surface area contributed by atoms with E-state index >= 15 is 0 Å². The highest BCUT2D eigenvalue weighted by atomic mass is 35.5. The number of imidazole rings is 1. The van der Waals surface area contributed by atoms with E-state index in [-0.39, 0.29) is 6.04 Å². The van der Waals surface area contributed by atoms with Gasteiger partial charge in [-0.2, -0.15) is 5.10 Å². The van der Waals surface area contributed by atoms with Crippen molar-refractivity contribution in [2.75, 3.05) is 7.11 Å². The molecule has 24 heavy (non-hydrogen) atoms.